The molecule has 0 aromatic carbocycles. The molecule has 1 aromatic rings. The van der Waals surface area contributed by atoms with E-state index < -0.39 is 0 Å². The molecule has 0 spiro atoms. The summed E-state index contributed by atoms with van der Waals surface area (Å²) in [4.78, 5) is 21.0. The van der Waals surface area contributed by atoms with Crippen LogP contribution in [0.5, 0.6) is 0 Å². The maximum atomic E-state index is 12.3. The predicted octanol–water partition coefficient (Wildman–Crippen LogP) is 1.12. The maximum Gasteiger partial charge on any atom is 0.236 e. The Morgan fingerprint density at radius 2 is 2.18 bits per heavy atom. The number of anilines is 1. The van der Waals surface area contributed by atoms with Gasteiger partial charge in [-0.3, -0.25) is 9.69 Å². The van der Waals surface area contributed by atoms with Crippen molar-refractivity contribution in [3.63, 3.8) is 0 Å². The zero-order chi connectivity index (χ0) is 15.4. The minimum absolute atomic E-state index is 0.0616. The van der Waals surface area contributed by atoms with Crippen molar-refractivity contribution in [1.29, 1.82) is 0 Å². The van der Waals surface area contributed by atoms with Crippen LogP contribution in [0.1, 0.15) is 24.6 Å². The largest absolute Gasteiger partial charge is 0.373 e. The van der Waals surface area contributed by atoms with E-state index >= 15 is 0 Å². The Bertz CT molecular complexity index is 517. The smallest absolute Gasteiger partial charge is 0.236 e. The SMILES string of the molecule is CNc1cccc(C2CN(CC(=O)N3CCCC3)CCO2)n1. The molecule has 1 amide bonds. The molecule has 0 bridgehead atoms. The first-order valence-electron chi connectivity index (χ1n) is 8.02. The minimum atomic E-state index is -0.0616. The van der Waals surface area contributed by atoms with Crippen molar-refractivity contribution in [1.82, 2.24) is 14.8 Å². The molecule has 0 aliphatic carbocycles. The molecule has 6 nitrogen and oxygen atoms in total. The van der Waals surface area contributed by atoms with E-state index in [1.807, 2.05) is 30.1 Å². The lowest BCUT2D eigenvalue weighted by Gasteiger charge is -2.33. The normalized spacial score (nSPS) is 22.8. The van der Waals surface area contributed by atoms with E-state index in [4.69, 9.17) is 4.74 Å². The molecular weight excluding hydrogens is 280 g/mol. The molecule has 0 saturated carbocycles. The van der Waals surface area contributed by atoms with Crippen molar-refractivity contribution in [2.24, 2.45) is 0 Å². The van der Waals surface area contributed by atoms with Crippen molar-refractivity contribution in [3.05, 3.63) is 23.9 Å². The molecule has 3 heterocycles. The number of hydrogen-bond acceptors (Lipinski definition) is 5. The van der Waals surface area contributed by atoms with E-state index in [1.54, 1.807) is 0 Å². The van der Waals surface area contributed by atoms with Gasteiger partial charge in [-0.15, -0.1) is 0 Å². The maximum absolute atomic E-state index is 12.3. The van der Waals surface area contributed by atoms with Gasteiger partial charge in [0.2, 0.25) is 5.91 Å². The number of rotatable bonds is 4. The van der Waals surface area contributed by atoms with E-state index in [2.05, 4.69) is 15.2 Å². The third kappa shape index (κ3) is 3.56. The average molecular weight is 304 g/mol. The summed E-state index contributed by atoms with van der Waals surface area (Å²) >= 11 is 0. The Labute approximate surface area is 131 Å². The summed E-state index contributed by atoms with van der Waals surface area (Å²) in [6, 6.07) is 5.89. The van der Waals surface area contributed by atoms with E-state index in [0.29, 0.717) is 13.2 Å². The summed E-state index contributed by atoms with van der Waals surface area (Å²) in [5.41, 5.74) is 0.921. The number of nitrogens with zero attached hydrogens (tertiary/aromatic N) is 3. The van der Waals surface area contributed by atoms with Gasteiger partial charge in [0, 0.05) is 33.2 Å². The number of carbonyl (C=O) groups is 1. The quantitative estimate of drug-likeness (QED) is 0.903. The molecule has 22 heavy (non-hydrogen) atoms. The molecule has 2 fully saturated rings. The molecule has 6 heteroatoms. The number of pyridine rings is 1. The number of aromatic nitrogens is 1. The van der Waals surface area contributed by atoms with Gasteiger partial charge >= 0.3 is 0 Å². The van der Waals surface area contributed by atoms with Crippen LogP contribution in [-0.4, -0.2) is 67.1 Å². The van der Waals surface area contributed by atoms with Gasteiger partial charge in [-0.2, -0.15) is 0 Å². The van der Waals surface area contributed by atoms with Crippen LogP contribution in [0.4, 0.5) is 5.82 Å². The molecule has 0 radical (unpaired) electrons. The number of morpholine rings is 1. The van der Waals surface area contributed by atoms with E-state index in [1.165, 1.54) is 0 Å². The van der Waals surface area contributed by atoms with Crippen LogP contribution in [0.3, 0.4) is 0 Å². The Morgan fingerprint density at radius 3 is 2.95 bits per heavy atom. The van der Waals surface area contributed by atoms with Gasteiger partial charge in [0.1, 0.15) is 11.9 Å². The number of ether oxygens (including phenoxy) is 1. The fourth-order valence-electron chi connectivity index (χ4n) is 3.05. The van der Waals surface area contributed by atoms with Crippen molar-refractivity contribution >= 4 is 11.7 Å². The molecule has 3 rings (SSSR count). The lowest BCUT2D eigenvalue weighted by atomic mass is 10.2. The second-order valence-electron chi connectivity index (χ2n) is 5.88. The average Bonchev–Trinajstić information content (AvgIpc) is 3.10. The summed E-state index contributed by atoms with van der Waals surface area (Å²) in [5, 5.41) is 3.05. The third-order valence-electron chi connectivity index (χ3n) is 4.32. The zero-order valence-corrected chi connectivity index (χ0v) is 13.1. The fraction of sp³-hybridized carbons (Fsp3) is 0.625. The van der Waals surface area contributed by atoms with Gasteiger partial charge < -0.3 is 15.0 Å². The standard InChI is InChI=1S/C16H24N4O2/c1-17-15-6-4-5-13(18-15)14-11-19(9-10-22-14)12-16(21)20-7-2-3-8-20/h4-6,14H,2-3,7-12H2,1H3,(H,17,18). The third-order valence-corrected chi connectivity index (χ3v) is 4.32. The fourth-order valence-corrected chi connectivity index (χ4v) is 3.05. The molecule has 2 saturated heterocycles. The number of amides is 1. The number of carbonyl (C=O) groups excluding carboxylic acids is 1. The highest BCUT2D eigenvalue weighted by molar-refractivity contribution is 5.78. The van der Waals surface area contributed by atoms with Crippen LogP contribution >= 0.6 is 0 Å². The van der Waals surface area contributed by atoms with Crippen molar-refractivity contribution in [3.8, 4) is 0 Å². The molecule has 1 unspecified atom stereocenters. The highest BCUT2D eigenvalue weighted by atomic mass is 16.5. The van der Waals surface area contributed by atoms with Crippen LogP contribution in [0.15, 0.2) is 18.2 Å². The van der Waals surface area contributed by atoms with Crippen LogP contribution in [-0.2, 0) is 9.53 Å². The summed E-state index contributed by atoms with van der Waals surface area (Å²) in [6.45, 7) is 4.49. The van der Waals surface area contributed by atoms with Crippen molar-refractivity contribution in [2.45, 2.75) is 18.9 Å². The Balaban J connectivity index is 1.59. The second-order valence-corrected chi connectivity index (χ2v) is 5.88. The number of likely N-dealkylation sites (tertiary alicyclic amines) is 1. The lowest BCUT2D eigenvalue weighted by molar-refractivity contribution is -0.133. The van der Waals surface area contributed by atoms with Crippen LogP contribution in [0, 0.1) is 0 Å². The van der Waals surface area contributed by atoms with Crippen LogP contribution in [0.25, 0.3) is 0 Å². The molecule has 120 valence electrons. The van der Waals surface area contributed by atoms with Crippen molar-refractivity contribution < 1.29 is 9.53 Å². The van der Waals surface area contributed by atoms with Gasteiger partial charge in [-0.05, 0) is 25.0 Å². The number of hydrogen-bond donors (Lipinski definition) is 1. The van der Waals surface area contributed by atoms with Crippen molar-refractivity contribution in [2.75, 3.05) is 51.7 Å². The molecular formula is C16H24N4O2. The molecule has 2 aliphatic heterocycles. The van der Waals surface area contributed by atoms with Gasteiger partial charge in [-0.25, -0.2) is 4.98 Å². The van der Waals surface area contributed by atoms with E-state index in [0.717, 1.165) is 50.5 Å². The lowest BCUT2D eigenvalue weighted by Crippen LogP contribution is -2.45. The molecule has 1 aromatic heterocycles. The first-order valence-corrected chi connectivity index (χ1v) is 8.02. The van der Waals surface area contributed by atoms with Gasteiger partial charge in [-0.1, -0.05) is 6.07 Å². The summed E-state index contributed by atoms with van der Waals surface area (Å²) in [6.07, 6.45) is 2.21. The zero-order valence-electron chi connectivity index (χ0n) is 13.1. The van der Waals surface area contributed by atoms with E-state index in [9.17, 15) is 4.79 Å². The van der Waals surface area contributed by atoms with E-state index in [-0.39, 0.29) is 12.0 Å². The Kier molecular flexibility index (Phi) is 4.90. The van der Waals surface area contributed by atoms with Gasteiger partial charge in [0.05, 0.1) is 18.8 Å². The topological polar surface area (TPSA) is 57.7 Å². The van der Waals surface area contributed by atoms with Gasteiger partial charge in [0.15, 0.2) is 0 Å². The molecule has 1 N–H and O–H groups in total. The monoisotopic (exact) mass is 304 g/mol. The molecule has 2 aliphatic rings. The summed E-state index contributed by atoms with van der Waals surface area (Å²) < 4.78 is 5.84. The number of nitrogens with one attached hydrogen (secondary N) is 1. The van der Waals surface area contributed by atoms with Gasteiger partial charge in [0.25, 0.3) is 0 Å². The highest BCUT2D eigenvalue weighted by Gasteiger charge is 2.26. The predicted molar refractivity (Wildman–Crippen MR) is 84.7 cm³/mol. The molecule has 1 atom stereocenters. The van der Waals surface area contributed by atoms with Crippen LogP contribution in [0.2, 0.25) is 0 Å². The Morgan fingerprint density at radius 1 is 1.36 bits per heavy atom. The van der Waals surface area contributed by atoms with Crippen LogP contribution < -0.4 is 5.32 Å². The Hall–Kier alpha value is -1.66. The first kappa shape index (κ1) is 15.2. The first-order chi connectivity index (χ1) is 10.8. The highest BCUT2D eigenvalue weighted by Crippen LogP contribution is 2.22. The summed E-state index contributed by atoms with van der Waals surface area (Å²) in [7, 11) is 1.86. The second kappa shape index (κ2) is 7.07. The minimum Gasteiger partial charge on any atom is -0.373 e. The summed E-state index contributed by atoms with van der Waals surface area (Å²) in [5.74, 6) is 1.08.